The predicted molar refractivity (Wildman–Crippen MR) is 60.6 cm³/mol. The summed E-state index contributed by atoms with van der Waals surface area (Å²) in [5.41, 5.74) is 2.90. The van der Waals surface area contributed by atoms with Crippen LogP contribution < -0.4 is 0 Å². The van der Waals surface area contributed by atoms with Crippen molar-refractivity contribution in [2.45, 2.75) is 6.42 Å². The molecule has 2 heteroatoms. The average Bonchev–Trinajstić information content (AvgIpc) is 2.20. The van der Waals surface area contributed by atoms with Gasteiger partial charge in [0.1, 0.15) is 5.75 Å². The molecule has 76 valence electrons. The average molecular weight is 200 g/mol. The summed E-state index contributed by atoms with van der Waals surface area (Å²) in [6.45, 7) is 3.91. The zero-order chi connectivity index (χ0) is 10.8. The Morgan fingerprint density at radius 1 is 1.00 bits per heavy atom. The van der Waals surface area contributed by atoms with Gasteiger partial charge in [-0.1, -0.05) is 24.8 Å². The minimum atomic E-state index is 0.249. The number of allylic oxidation sites excluding steroid dienone is 4. The molecule has 15 heavy (non-hydrogen) atoms. The van der Waals surface area contributed by atoms with Crippen LogP contribution in [0.3, 0.4) is 0 Å². The van der Waals surface area contributed by atoms with Gasteiger partial charge in [-0.2, -0.15) is 0 Å². The Bertz CT molecular complexity index is 450. The van der Waals surface area contributed by atoms with Crippen molar-refractivity contribution in [3.8, 4) is 5.75 Å². The lowest BCUT2D eigenvalue weighted by molar-refractivity contribution is 0.399. The van der Waals surface area contributed by atoms with Crippen molar-refractivity contribution < 1.29 is 10.2 Å². The molecule has 0 amide bonds. The SMILES string of the molecule is C=C1CC(O)=CC=C1c1ccc(O)cc1. The van der Waals surface area contributed by atoms with E-state index in [4.69, 9.17) is 5.11 Å². The maximum atomic E-state index is 9.30. The molecule has 0 unspecified atom stereocenters. The van der Waals surface area contributed by atoms with E-state index < -0.39 is 0 Å². The molecule has 0 aromatic heterocycles. The van der Waals surface area contributed by atoms with Crippen LogP contribution in [0.4, 0.5) is 0 Å². The van der Waals surface area contributed by atoms with Crippen LogP contribution >= 0.6 is 0 Å². The van der Waals surface area contributed by atoms with E-state index in [1.165, 1.54) is 0 Å². The van der Waals surface area contributed by atoms with Crippen LogP contribution in [-0.2, 0) is 0 Å². The first-order chi connectivity index (χ1) is 7.16. The van der Waals surface area contributed by atoms with Crippen molar-refractivity contribution in [1.82, 2.24) is 0 Å². The highest BCUT2D eigenvalue weighted by molar-refractivity contribution is 5.81. The molecule has 0 spiro atoms. The van der Waals surface area contributed by atoms with Crippen molar-refractivity contribution >= 4 is 5.57 Å². The Hall–Kier alpha value is -1.96. The van der Waals surface area contributed by atoms with Gasteiger partial charge >= 0.3 is 0 Å². The van der Waals surface area contributed by atoms with Gasteiger partial charge < -0.3 is 10.2 Å². The fraction of sp³-hybridized carbons (Fsp3) is 0.0769. The molecule has 0 aliphatic heterocycles. The minimum Gasteiger partial charge on any atom is -0.512 e. The Morgan fingerprint density at radius 3 is 2.27 bits per heavy atom. The molecule has 1 aliphatic carbocycles. The molecule has 2 nitrogen and oxygen atoms in total. The molecule has 0 radical (unpaired) electrons. The van der Waals surface area contributed by atoms with Crippen molar-refractivity contribution in [2.75, 3.05) is 0 Å². The minimum absolute atomic E-state index is 0.249. The highest BCUT2D eigenvalue weighted by Crippen LogP contribution is 2.30. The van der Waals surface area contributed by atoms with Gasteiger partial charge in [-0.3, -0.25) is 0 Å². The molecule has 1 aromatic carbocycles. The Kier molecular flexibility index (Phi) is 2.34. The summed E-state index contributed by atoms with van der Waals surface area (Å²) in [5.74, 6) is 0.585. The third-order valence-corrected chi connectivity index (χ3v) is 2.40. The van der Waals surface area contributed by atoms with Crippen molar-refractivity contribution in [3.63, 3.8) is 0 Å². The van der Waals surface area contributed by atoms with Crippen molar-refractivity contribution in [3.05, 3.63) is 59.9 Å². The molecule has 0 saturated carbocycles. The van der Waals surface area contributed by atoms with Crippen LogP contribution in [0.2, 0.25) is 0 Å². The van der Waals surface area contributed by atoms with Crippen LogP contribution in [0.1, 0.15) is 12.0 Å². The third kappa shape index (κ3) is 1.94. The standard InChI is InChI=1S/C13H12O2/c1-9-8-12(15)6-7-13(9)10-2-4-11(14)5-3-10/h2-7,14-15H,1,8H2. The van der Waals surface area contributed by atoms with E-state index in [1.54, 1.807) is 18.2 Å². The predicted octanol–water partition coefficient (Wildman–Crippen LogP) is 3.18. The molecule has 0 heterocycles. The topological polar surface area (TPSA) is 40.5 Å². The highest BCUT2D eigenvalue weighted by atomic mass is 16.3. The number of phenolic OH excluding ortho intramolecular Hbond substituents is 1. The monoisotopic (exact) mass is 200 g/mol. The van der Waals surface area contributed by atoms with E-state index in [-0.39, 0.29) is 5.75 Å². The number of rotatable bonds is 1. The van der Waals surface area contributed by atoms with Gasteiger partial charge in [0, 0.05) is 6.42 Å². The highest BCUT2D eigenvalue weighted by Gasteiger charge is 2.11. The van der Waals surface area contributed by atoms with E-state index in [0.29, 0.717) is 12.2 Å². The van der Waals surface area contributed by atoms with E-state index in [0.717, 1.165) is 16.7 Å². The fourth-order valence-corrected chi connectivity index (χ4v) is 1.61. The number of benzene rings is 1. The molecule has 1 aromatic rings. The molecular weight excluding hydrogens is 188 g/mol. The van der Waals surface area contributed by atoms with Crippen molar-refractivity contribution in [2.24, 2.45) is 0 Å². The third-order valence-electron chi connectivity index (χ3n) is 2.40. The number of hydrogen-bond donors (Lipinski definition) is 2. The lowest BCUT2D eigenvalue weighted by Crippen LogP contribution is -1.95. The van der Waals surface area contributed by atoms with Crippen LogP contribution in [0.25, 0.3) is 5.57 Å². The number of phenols is 1. The molecule has 0 bridgehead atoms. The van der Waals surface area contributed by atoms with Gasteiger partial charge in [0.15, 0.2) is 0 Å². The Balaban J connectivity index is 2.39. The first-order valence-electron chi connectivity index (χ1n) is 4.74. The van der Waals surface area contributed by atoms with E-state index in [9.17, 15) is 5.11 Å². The largest absolute Gasteiger partial charge is 0.512 e. The normalized spacial score (nSPS) is 15.9. The second kappa shape index (κ2) is 3.65. The number of aliphatic hydroxyl groups is 1. The summed E-state index contributed by atoms with van der Waals surface area (Å²) in [6, 6.07) is 6.95. The van der Waals surface area contributed by atoms with Gasteiger partial charge in [0.25, 0.3) is 0 Å². The van der Waals surface area contributed by atoms with E-state index in [1.807, 2.05) is 18.2 Å². The van der Waals surface area contributed by atoms with Crippen LogP contribution in [0, 0.1) is 0 Å². The lowest BCUT2D eigenvalue weighted by Gasteiger charge is -2.14. The van der Waals surface area contributed by atoms with E-state index in [2.05, 4.69) is 6.58 Å². The van der Waals surface area contributed by atoms with Gasteiger partial charge in [-0.05, 0) is 34.9 Å². The molecular formula is C13H12O2. The van der Waals surface area contributed by atoms with Gasteiger partial charge in [0.2, 0.25) is 0 Å². The summed E-state index contributed by atoms with van der Waals surface area (Å²) < 4.78 is 0. The summed E-state index contributed by atoms with van der Waals surface area (Å²) >= 11 is 0. The fourth-order valence-electron chi connectivity index (χ4n) is 1.61. The lowest BCUT2D eigenvalue weighted by atomic mass is 9.92. The summed E-state index contributed by atoms with van der Waals surface area (Å²) in [4.78, 5) is 0. The summed E-state index contributed by atoms with van der Waals surface area (Å²) in [6.07, 6.45) is 4.01. The van der Waals surface area contributed by atoms with Gasteiger partial charge in [-0.25, -0.2) is 0 Å². The molecule has 1 aliphatic rings. The van der Waals surface area contributed by atoms with E-state index >= 15 is 0 Å². The smallest absolute Gasteiger partial charge is 0.115 e. The summed E-state index contributed by atoms with van der Waals surface area (Å²) in [7, 11) is 0. The second-order valence-corrected chi connectivity index (χ2v) is 3.57. The van der Waals surface area contributed by atoms with Crippen LogP contribution in [0.5, 0.6) is 5.75 Å². The molecule has 0 saturated heterocycles. The van der Waals surface area contributed by atoms with Crippen LogP contribution in [0.15, 0.2) is 54.3 Å². The quantitative estimate of drug-likeness (QED) is 0.731. The molecule has 2 N–H and O–H groups in total. The maximum Gasteiger partial charge on any atom is 0.115 e. The first-order valence-corrected chi connectivity index (χ1v) is 4.74. The zero-order valence-electron chi connectivity index (χ0n) is 8.27. The molecule has 2 rings (SSSR count). The molecule has 0 atom stereocenters. The molecule has 0 fully saturated rings. The number of hydrogen-bond acceptors (Lipinski definition) is 2. The number of aliphatic hydroxyl groups excluding tert-OH is 1. The maximum absolute atomic E-state index is 9.30. The summed E-state index contributed by atoms with van der Waals surface area (Å²) in [5, 5.41) is 18.5. The van der Waals surface area contributed by atoms with Crippen LogP contribution in [-0.4, -0.2) is 10.2 Å². The van der Waals surface area contributed by atoms with Gasteiger partial charge in [-0.15, -0.1) is 0 Å². The van der Waals surface area contributed by atoms with Gasteiger partial charge in [0.05, 0.1) is 5.76 Å². The number of aromatic hydroxyl groups is 1. The second-order valence-electron chi connectivity index (χ2n) is 3.57. The zero-order valence-corrected chi connectivity index (χ0v) is 8.27. The first kappa shape index (κ1) is 9.59. The Morgan fingerprint density at radius 2 is 1.67 bits per heavy atom. The Labute approximate surface area is 88.5 Å². The van der Waals surface area contributed by atoms with Crippen molar-refractivity contribution in [1.29, 1.82) is 0 Å².